The molecular weight excluding hydrogens is 428 g/mol. The Balaban J connectivity index is 1.63. The summed E-state index contributed by atoms with van der Waals surface area (Å²) < 4.78 is 7.15. The van der Waals surface area contributed by atoms with Crippen molar-refractivity contribution in [3.05, 3.63) is 72.8 Å². The molecule has 0 saturated carbocycles. The smallest absolute Gasteiger partial charge is 0.410 e. The van der Waals surface area contributed by atoms with E-state index in [9.17, 15) is 14.4 Å². The Morgan fingerprint density at radius 2 is 2.06 bits per heavy atom. The first kappa shape index (κ1) is 23.3. The van der Waals surface area contributed by atoms with Crippen LogP contribution in [-0.2, 0) is 16.1 Å². The third kappa shape index (κ3) is 6.58. The molecule has 9 heteroatoms. The first-order chi connectivity index (χ1) is 15.5. The zero-order valence-corrected chi connectivity index (χ0v) is 18.4. The summed E-state index contributed by atoms with van der Waals surface area (Å²) in [6.07, 6.45) is 8.77. The molecule has 2 unspecified atom stereocenters. The molecule has 1 aromatic heterocycles. The second kappa shape index (κ2) is 11.3. The van der Waals surface area contributed by atoms with Crippen LogP contribution in [0.1, 0.15) is 28.9 Å². The highest BCUT2D eigenvalue weighted by Gasteiger charge is 2.37. The molecule has 1 aromatic carbocycles. The molecule has 2 amide bonds. The van der Waals surface area contributed by atoms with E-state index in [1.54, 1.807) is 35.6 Å². The summed E-state index contributed by atoms with van der Waals surface area (Å²) in [6.45, 7) is 4.79. The average Bonchev–Trinajstić information content (AvgIpc) is 3.42. The zero-order chi connectivity index (χ0) is 22.9. The van der Waals surface area contributed by atoms with E-state index in [0.29, 0.717) is 37.2 Å². The number of nitrogens with zero attached hydrogens (tertiary/aromatic N) is 3. The van der Waals surface area contributed by atoms with E-state index in [2.05, 4.69) is 11.6 Å². The number of aromatic nitrogens is 2. The number of hydrogen-bond donors (Lipinski definition) is 1. The normalized spacial score (nSPS) is 18.1. The van der Waals surface area contributed by atoms with Crippen LogP contribution in [0.2, 0.25) is 0 Å². The molecule has 2 atom stereocenters. The van der Waals surface area contributed by atoms with Gasteiger partial charge in [-0.2, -0.15) is 0 Å². The summed E-state index contributed by atoms with van der Waals surface area (Å²) in [5.74, 6) is -0.534. The molecule has 32 heavy (non-hydrogen) atoms. The van der Waals surface area contributed by atoms with Gasteiger partial charge in [0, 0.05) is 42.2 Å². The molecule has 0 aliphatic carbocycles. The van der Waals surface area contributed by atoms with E-state index in [-0.39, 0.29) is 23.0 Å². The number of carbonyl (C=O) groups is 3. The van der Waals surface area contributed by atoms with Crippen molar-refractivity contribution in [2.45, 2.75) is 30.7 Å². The number of thioether (sulfide) groups is 1. The fourth-order valence-electron chi connectivity index (χ4n) is 3.51. The van der Waals surface area contributed by atoms with Crippen LogP contribution >= 0.6 is 11.8 Å². The molecule has 1 saturated heterocycles. The number of primary amides is 1. The lowest BCUT2D eigenvalue weighted by molar-refractivity contribution is -0.113. The molecule has 2 heterocycles. The summed E-state index contributed by atoms with van der Waals surface area (Å²) in [6, 6.07) is 9.06. The fourth-order valence-corrected chi connectivity index (χ4v) is 4.64. The van der Waals surface area contributed by atoms with Crippen molar-refractivity contribution in [2.24, 2.45) is 5.73 Å². The van der Waals surface area contributed by atoms with Crippen molar-refractivity contribution in [1.82, 2.24) is 14.5 Å². The van der Waals surface area contributed by atoms with Gasteiger partial charge in [0.05, 0.1) is 12.0 Å². The molecule has 0 spiro atoms. The van der Waals surface area contributed by atoms with Crippen molar-refractivity contribution < 1.29 is 19.1 Å². The van der Waals surface area contributed by atoms with Gasteiger partial charge in [0.25, 0.3) is 0 Å². The van der Waals surface area contributed by atoms with Crippen LogP contribution in [0, 0.1) is 0 Å². The second-order valence-corrected chi connectivity index (χ2v) is 8.63. The summed E-state index contributed by atoms with van der Waals surface area (Å²) in [5, 5.41) is -0.0167. The third-order valence-corrected chi connectivity index (χ3v) is 6.14. The Hall–Kier alpha value is -3.33. The van der Waals surface area contributed by atoms with E-state index in [4.69, 9.17) is 10.5 Å². The van der Waals surface area contributed by atoms with Gasteiger partial charge >= 0.3 is 6.09 Å². The third-order valence-electron chi connectivity index (χ3n) is 5.01. The number of carbonyl (C=O) groups excluding carboxylic acids is 3. The highest BCUT2D eigenvalue weighted by molar-refractivity contribution is 8.14. The number of hydrogen-bond acceptors (Lipinski definition) is 6. The highest BCUT2D eigenvalue weighted by atomic mass is 32.2. The van der Waals surface area contributed by atoms with Crippen LogP contribution < -0.4 is 5.73 Å². The molecule has 1 aliphatic rings. The van der Waals surface area contributed by atoms with Crippen LogP contribution in [0.3, 0.4) is 0 Å². The topological polar surface area (TPSA) is 108 Å². The van der Waals surface area contributed by atoms with Gasteiger partial charge in [0.2, 0.25) is 11.0 Å². The van der Waals surface area contributed by atoms with Crippen LogP contribution in [-0.4, -0.2) is 56.0 Å². The summed E-state index contributed by atoms with van der Waals surface area (Å²) in [5.41, 5.74) is 6.38. The van der Waals surface area contributed by atoms with Crippen molar-refractivity contribution in [1.29, 1.82) is 0 Å². The average molecular weight is 455 g/mol. The van der Waals surface area contributed by atoms with E-state index < -0.39 is 12.0 Å². The van der Waals surface area contributed by atoms with Gasteiger partial charge in [-0.25, -0.2) is 9.78 Å². The number of imidazole rings is 1. The molecule has 0 radical (unpaired) electrons. The predicted molar refractivity (Wildman–Crippen MR) is 124 cm³/mol. The maximum atomic E-state index is 12.6. The quantitative estimate of drug-likeness (QED) is 0.461. The Labute approximate surface area is 191 Å². The van der Waals surface area contributed by atoms with Crippen molar-refractivity contribution >= 4 is 35.0 Å². The molecule has 168 valence electrons. The van der Waals surface area contributed by atoms with Crippen LogP contribution in [0.5, 0.6) is 0 Å². The predicted octanol–water partition coefficient (Wildman–Crippen LogP) is 3.11. The highest BCUT2D eigenvalue weighted by Crippen LogP contribution is 2.32. The SMILES string of the molecule is C=CCOC(=O)N1CC(SC(=O)c2ccccc2)CC1CCn1cnc(C=CC(N)=O)c1. The Bertz CT molecular complexity index is 989. The van der Waals surface area contributed by atoms with Gasteiger partial charge in [-0.1, -0.05) is 54.7 Å². The van der Waals surface area contributed by atoms with Crippen LogP contribution in [0.25, 0.3) is 6.08 Å². The second-order valence-electron chi connectivity index (χ2n) is 7.36. The van der Waals surface area contributed by atoms with Crippen molar-refractivity contribution in [2.75, 3.05) is 13.2 Å². The number of nitrogens with two attached hydrogens (primary N) is 1. The Kier molecular flexibility index (Phi) is 8.27. The Morgan fingerprint density at radius 1 is 1.28 bits per heavy atom. The number of rotatable bonds is 9. The minimum absolute atomic E-state index is 0.00357. The lowest BCUT2D eigenvalue weighted by Gasteiger charge is -2.23. The lowest BCUT2D eigenvalue weighted by Crippen LogP contribution is -2.37. The molecule has 3 rings (SSSR count). The van der Waals surface area contributed by atoms with Gasteiger partial charge < -0.3 is 19.9 Å². The van der Waals surface area contributed by atoms with Crippen molar-refractivity contribution in [3.8, 4) is 0 Å². The van der Waals surface area contributed by atoms with Gasteiger partial charge in [-0.3, -0.25) is 9.59 Å². The lowest BCUT2D eigenvalue weighted by atomic mass is 10.1. The molecule has 1 aliphatic heterocycles. The van der Waals surface area contributed by atoms with Gasteiger partial charge in [-0.15, -0.1) is 0 Å². The van der Waals surface area contributed by atoms with E-state index >= 15 is 0 Å². The number of likely N-dealkylation sites (tertiary alicyclic amines) is 1. The van der Waals surface area contributed by atoms with E-state index in [0.717, 1.165) is 0 Å². The summed E-state index contributed by atoms with van der Waals surface area (Å²) in [7, 11) is 0. The maximum Gasteiger partial charge on any atom is 0.410 e. The number of ether oxygens (including phenoxy) is 1. The first-order valence-corrected chi connectivity index (χ1v) is 11.1. The minimum Gasteiger partial charge on any atom is -0.445 e. The van der Waals surface area contributed by atoms with E-state index in [1.165, 1.54) is 23.9 Å². The fraction of sp³-hybridized carbons (Fsp3) is 0.304. The number of amides is 2. The van der Waals surface area contributed by atoms with Gasteiger partial charge in [-0.05, 0) is 18.9 Å². The molecule has 1 fully saturated rings. The van der Waals surface area contributed by atoms with Crippen LogP contribution in [0.15, 0.2) is 61.6 Å². The largest absolute Gasteiger partial charge is 0.445 e. The van der Waals surface area contributed by atoms with Gasteiger partial charge in [0.15, 0.2) is 0 Å². The van der Waals surface area contributed by atoms with Crippen molar-refractivity contribution in [3.63, 3.8) is 0 Å². The molecule has 8 nitrogen and oxygen atoms in total. The van der Waals surface area contributed by atoms with Crippen LogP contribution in [0.4, 0.5) is 4.79 Å². The van der Waals surface area contributed by atoms with Gasteiger partial charge in [0.1, 0.15) is 6.61 Å². The Morgan fingerprint density at radius 3 is 2.78 bits per heavy atom. The molecule has 0 bridgehead atoms. The monoisotopic (exact) mass is 454 g/mol. The summed E-state index contributed by atoms with van der Waals surface area (Å²) >= 11 is 1.26. The summed E-state index contributed by atoms with van der Waals surface area (Å²) in [4.78, 5) is 42.0. The zero-order valence-electron chi connectivity index (χ0n) is 17.6. The minimum atomic E-state index is -0.534. The number of aryl methyl sites for hydroxylation is 1. The molecule has 2 aromatic rings. The standard InChI is InChI=1S/C23H26N4O4S/c1-2-12-31-23(30)27-15-20(32-22(29)17-6-4-3-5-7-17)13-19(27)10-11-26-14-18(25-16-26)8-9-21(24)28/h2-9,14,16,19-20H,1,10-13,15H2,(H2,24,28). The van der Waals surface area contributed by atoms with E-state index in [1.807, 2.05) is 22.8 Å². The number of benzene rings is 1. The molecule has 2 N–H and O–H groups in total. The first-order valence-electron chi connectivity index (χ1n) is 10.3. The maximum absolute atomic E-state index is 12.6. The molecular formula is C23H26N4O4S.